The number of rotatable bonds is 6. The number of hydrogen-bond acceptors (Lipinski definition) is 5. The molecule has 0 aliphatic heterocycles. The normalized spacial score (nSPS) is 10.5. The van der Waals surface area contributed by atoms with Gasteiger partial charge in [0.2, 0.25) is 5.78 Å². The lowest BCUT2D eigenvalue weighted by Gasteiger charge is -2.00. The Labute approximate surface area is 126 Å². The summed E-state index contributed by atoms with van der Waals surface area (Å²) in [4.78, 5) is 23.8. The third kappa shape index (κ3) is 4.57. The first-order valence-corrected chi connectivity index (χ1v) is 7.12. The van der Waals surface area contributed by atoms with Gasteiger partial charge in [-0.1, -0.05) is 18.2 Å². The molecule has 21 heavy (non-hydrogen) atoms. The Hall–Kier alpha value is -2.40. The number of Topliss-reactive ketones (excluding diaryl/α,β-unsaturated/α-hetero) is 1. The van der Waals surface area contributed by atoms with Crippen LogP contribution in [0.1, 0.15) is 15.2 Å². The van der Waals surface area contributed by atoms with E-state index < -0.39 is 5.97 Å². The van der Waals surface area contributed by atoms with Crippen molar-refractivity contribution in [1.29, 1.82) is 0 Å². The Balaban J connectivity index is 1.83. The van der Waals surface area contributed by atoms with Crippen LogP contribution in [0.5, 0.6) is 5.75 Å². The summed E-state index contributed by atoms with van der Waals surface area (Å²) in [7, 11) is 1.59. The average molecular weight is 302 g/mol. The highest BCUT2D eigenvalue weighted by molar-refractivity contribution is 7.12. The van der Waals surface area contributed by atoms with E-state index in [1.165, 1.54) is 17.4 Å². The fourth-order valence-electron chi connectivity index (χ4n) is 1.57. The van der Waals surface area contributed by atoms with Crippen LogP contribution in [0.4, 0.5) is 0 Å². The Morgan fingerprint density at radius 2 is 1.95 bits per heavy atom. The van der Waals surface area contributed by atoms with Gasteiger partial charge in [0.05, 0.1) is 12.0 Å². The molecule has 5 heteroatoms. The largest absolute Gasteiger partial charge is 0.497 e. The van der Waals surface area contributed by atoms with Crippen molar-refractivity contribution in [2.75, 3.05) is 13.7 Å². The van der Waals surface area contributed by atoms with Crippen LogP contribution in [-0.2, 0) is 9.53 Å². The molecule has 0 saturated carbocycles. The molecule has 0 radical (unpaired) electrons. The fraction of sp³-hybridized carbons (Fsp3) is 0.125. The van der Waals surface area contributed by atoms with Gasteiger partial charge in [-0.15, -0.1) is 11.3 Å². The molecule has 4 nitrogen and oxygen atoms in total. The van der Waals surface area contributed by atoms with Crippen molar-refractivity contribution < 1.29 is 19.1 Å². The molecule has 0 fully saturated rings. The van der Waals surface area contributed by atoms with Crippen LogP contribution < -0.4 is 4.74 Å². The van der Waals surface area contributed by atoms with Crippen molar-refractivity contribution >= 4 is 29.2 Å². The summed E-state index contributed by atoms with van der Waals surface area (Å²) in [6.07, 6.45) is 2.92. The maximum absolute atomic E-state index is 11.7. The number of thiophene rings is 1. The van der Waals surface area contributed by atoms with Gasteiger partial charge in [0.25, 0.3) is 0 Å². The highest BCUT2D eigenvalue weighted by Gasteiger charge is 2.08. The van der Waals surface area contributed by atoms with E-state index in [0.717, 1.165) is 11.3 Å². The van der Waals surface area contributed by atoms with Crippen molar-refractivity contribution in [2.45, 2.75) is 0 Å². The molecule has 0 unspecified atom stereocenters. The average Bonchev–Trinajstić information content (AvgIpc) is 3.05. The molecule has 108 valence electrons. The predicted molar refractivity (Wildman–Crippen MR) is 81.6 cm³/mol. The molecule has 0 spiro atoms. The van der Waals surface area contributed by atoms with Crippen LogP contribution in [0.2, 0.25) is 0 Å². The summed E-state index contributed by atoms with van der Waals surface area (Å²) in [5.41, 5.74) is 0.845. The van der Waals surface area contributed by atoms with Gasteiger partial charge in [-0.3, -0.25) is 4.79 Å². The first-order valence-electron chi connectivity index (χ1n) is 6.24. The quantitative estimate of drug-likeness (QED) is 0.467. The van der Waals surface area contributed by atoms with E-state index >= 15 is 0 Å². The third-order valence-electron chi connectivity index (χ3n) is 2.67. The summed E-state index contributed by atoms with van der Waals surface area (Å²) < 4.78 is 9.94. The number of benzene rings is 1. The smallest absolute Gasteiger partial charge is 0.331 e. The van der Waals surface area contributed by atoms with Gasteiger partial charge in [0.15, 0.2) is 6.61 Å². The second-order valence-electron chi connectivity index (χ2n) is 4.11. The van der Waals surface area contributed by atoms with Crippen LogP contribution in [0.15, 0.2) is 47.9 Å². The number of carbonyl (C=O) groups excluding carboxylic acids is 2. The zero-order valence-electron chi connectivity index (χ0n) is 11.4. The van der Waals surface area contributed by atoms with Crippen molar-refractivity contribution in [3.8, 4) is 5.75 Å². The van der Waals surface area contributed by atoms with E-state index in [9.17, 15) is 9.59 Å². The molecular weight excluding hydrogens is 288 g/mol. The van der Waals surface area contributed by atoms with E-state index in [0.29, 0.717) is 4.88 Å². The molecule has 1 heterocycles. The van der Waals surface area contributed by atoms with Gasteiger partial charge >= 0.3 is 5.97 Å². The molecule has 2 rings (SSSR count). The van der Waals surface area contributed by atoms with Crippen LogP contribution in [-0.4, -0.2) is 25.5 Å². The predicted octanol–water partition coefficient (Wildman–Crippen LogP) is 3.20. The minimum atomic E-state index is -0.546. The van der Waals surface area contributed by atoms with Crippen molar-refractivity contribution in [3.63, 3.8) is 0 Å². The van der Waals surface area contributed by atoms with Crippen molar-refractivity contribution in [1.82, 2.24) is 0 Å². The Morgan fingerprint density at radius 3 is 2.57 bits per heavy atom. The molecule has 0 bridgehead atoms. The highest BCUT2D eigenvalue weighted by Crippen LogP contribution is 2.12. The zero-order valence-corrected chi connectivity index (χ0v) is 12.3. The first-order chi connectivity index (χ1) is 10.2. The molecule has 0 N–H and O–H groups in total. The van der Waals surface area contributed by atoms with Gasteiger partial charge in [0.1, 0.15) is 5.75 Å². The van der Waals surface area contributed by atoms with Crippen molar-refractivity contribution in [3.05, 3.63) is 58.3 Å². The molecule has 2 aromatic rings. The van der Waals surface area contributed by atoms with E-state index in [-0.39, 0.29) is 12.4 Å². The van der Waals surface area contributed by atoms with Gasteiger partial charge in [-0.05, 0) is 35.2 Å². The maximum Gasteiger partial charge on any atom is 0.331 e. The maximum atomic E-state index is 11.7. The van der Waals surface area contributed by atoms with Gasteiger partial charge in [-0.25, -0.2) is 4.79 Å². The number of esters is 1. The number of hydrogen-bond donors (Lipinski definition) is 0. The minimum absolute atomic E-state index is 0.198. The minimum Gasteiger partial charge on any atom is -0.497 e. The van der Waals surface area contributed by atoms with E-state index in [2.05, 4.69) is 0 Å². The lowest BCUT2D eigenvalue weighted by atomic mass is 10.2. The van der Waals surface area contributed by atoms with E-state index in [1.54, 1.807) is 42.8 Å². The van der Waals surface area contributed by atoms with Crippen LogP contribution in [0.3, 0.4) is 0 Å². The van der Waals surface area contributed by atoms with Gasteiger partial charge < -0.3 is 9.47 Å². The van der Waals surface area contributed by atoms with Crippen LogP contribution >= 0.6 is 11.3 Å². The Bertz CT molecular complexity index is 627. The Kier molecular flexibility index (Phi) is 5.29. The number of ketones is 1. The fourth-order valence-corrected chi connectivity index (χ4v) is 2.22. The monoisotopic (exact) mass is 302 g/mol. The summed E-state index contributed by atoms with van der Waals surface area (Å²) in [5, 5.41) is 1.80. The lowest BCUT2D eigenvalue weighted by Crippen LogP contribution is -2.11. The molecule has 0 saturated heterocycles. The highest BCUT2D eigenvalue weighted by atomic mass is 32.1. The molecule has 0 aliphatic rings. The van der Waals surface area contributed by atoms with E-state index in [4.69, 9.17) is 9.47 Å². The van der Waals surface area contributed by atoms with Gasteiger partial charge in [0, 0.05) is 6.08 Å². The summed E-state index contributed by atoms with van der Waals surface area (Å²) in [6, 6.07) is 10.7. The van der Waals surface area contributed by atoms with Crippen LogP contribution in [0, 0.1) is 0 Å². The second kappa shape index (κ2) is 7.40. The molecule has 0 amide bonds. The molecule has 0 atom stereocenters. The molecule has 0 aliphatic carbocycles. The number of carbonyl (C=O) groups is 2. The molecule has 1 aromatic carbocycles. The topological polar surface area (TPSA) is 52.6 Å². The SMILES string of the molecule is COc1ccc(/C=C/C(=O)OCC(=O)c2cccs2)cc1. The third-order valence-corrected chi connectivity index (χ3v) is 3.58. The lowest BCUT2D eigenvalue weighted by molar-refractivity contribution is -0.136. The van der Waals surface area contributed by atoms with Crippen LogP contribution in [0.25, 0.3) is 6.08 Å². The molecular formula is C16H14O4S. The second-order valence-corrected chi connectivity index (χ2v) is 5.06. The van der Waals surface area contributed by atoms with Gasteiger partial charge in [-0.2, -0.15) is 0 Å². The number of methoxy groups -OCH3 is 1. The zero-order chi connectivity index (χ0) is 15.1. The summed E-state index contributed by atoms with van der Waals surface area (Å²) >= 11 is 1.33. The molecule has 1 aromatic heterocycles. The standard InChI is InChI=1S/C16H14O4S/c1-19-13-7-4-12(5-8-13)6-9-16(18)20-11-14(17)15-3-2-10-21-15/h2-10H,11H2,1H3/b9-6+. The Morgan fingerprint density at radius 1 is 1.19 bits per heavy atom. The number of ether oxygens (including phenoxy) is 2. The first kappa shape index (κ1) is 15.0. The summed E-state index contributed by atoms with van der Waals surface area (Å²) in [6.45, 7) is -0.244. The summed E-state index contributed by atoms with van der Waals surface area (Å²) in [5.74, 6) is 0.00296. The van der Waals surface area contributed by atoms with E-state index in [1.807, 2.05) is 12.1 Å². The van der Waals surface area contributed by atoms with Crippen molar-refractivity contribution in [2.24, 2.45) is 0 Å².